The van der Waals surface area contributed by atoms with Crippen molar-refractivity contribution in [2.75, 3.05) is 6.61 Å². The second-order valence-electron chi connectivity index (χ2n) is 6.84. The zero-order valence-electron chi connectivity index (χ0n) is 15.4. The molecule has 0 aliphatic carbocycles. The van der Waals surface area contributed by atoms with Gasteiger partial charge < -0.3 is 14.6 Å². The summed E-state index contributed by atoms with van der Waals surface area (Å²) in [5, 5.41) is 3.12. The standard InChI is InChI=1S/C22H23N3O2/c1-16-23-11-12-25(16)20-8-4-2-7-19(20)15-24-22(26)18-10-13-27-21-9-5-3-6-17(21)14-18/h2-9,11-12,18H,10,13-15H2,1H3,(H,24,26). The number of aryl methyl sites for hydroxylation is 1. The lowest BCUT2D eigenvalue weighted by Gasteiger charge is -2.16. The first-order valence-corrected chi connectivity index (χ1v) is 9.29. The van der Waals surface area contributed by atoms with E-state index in [4.69, 9.17) is 4.74 Å². The molecule has 2 aromatic carbocycles. The molecule has 0 bridgehead atoms. The van der Waals surface area contributed by atoms with Gasteiger partial charge in [0.2, 0.25) is 5.91 Å². The number of carbonyl (C=O) groups excluding carboxylic acids is 1. The minimum Gasteiger partial charge on any atom is -0.493 e. The van der Waals surface area contributed by atoms with Crippen LogP contribution in [-0.2, 0) is 17.8 Å². The molecular formula is C22H23N3O2. The summed E-state index contributed by atoms with van der Waals surface area (Å²) in [6.07, 6.45) is 5.16. The van der Waals surface area contributed by atoms with Gasteiger partial charge in [-0.25, -0.2) is 4.98 Å². The van der Waals surface area contributed by atoms with Crippen LogP contribution in [0.2, 0.25) is 0 Å². The maximum absolute atomic E-state index is 12.8. The Balaban J connectivity index is 1.47. The third kappa shape index (κ3) is 3.72. The molecule has 1 aliphatic heterocycles. The van der Waals surface area contributed by atoms with E-state index in [0.717, 1.165) is 34.8 Å². The van der Waals surface area contributed by atoms with Gasteiger partial charge in [0.25, 0.3) is 0 Å². The molecule has 27 heavy (non-hydrogen) atoms. The minimum absolute atomic E-state index is 0.0733. The summed E-state index contributed by atoms with van der Waals surface area (Å²) in [5.41, 5.74) is 3.21. The predicted molar refractivity (Wildman–Crippen MR) is 104 cm³/mol. The van der Waals surface area contributed by atoms with Crippen molar-refractivity contribution >= 4 is 5.91 Å². The van der Waals surface area contributed by atoms with Crippen molar-refractivity contribution in [1.82, 2.24) is 14.9 Å². The van der Waals surface area contributed by atoms with Crippen LogP contribution >= 0.6 is 0 Å². The molecule has 2 heterocycles. The molecule has 0 spiro atoms. The van der Waals surface area contributed by atoms with Crippen LogP contribution in [0.4, 0.5) is 0 Å². The van der Waals surface area contributed by atoms with Gasteiger partial charge >= 0.3 is 0 Å². The number of fused-ring (bicyclic) bond motifs is 1. The van der Waals surface area contributed by atoms with E-state index < -0.39 is 0 Å². The molecule has 3 aromatic rings. The zero-order valence-corrected chi connectivity index (χ0v) is 15.4. The highest BCUT2D eigenvalue weighted by molar-refractivity contribution is 5.79. The van der Waals surface area contributed by atoms with Crippen molar-refractivity contribution in [1.29, 1.82) is 0 Å². The highest BCUT2D eigenvalue weighted by Gasteiger charge is 2.23. The SMILES string of the molecule is Cc1nccn1-c1ccccc1CNC(=O)C1CCOc2ccccc2C1. The molecule has 138 valence electrons. The second-order valence-corrected chi connectivity index (χ2v) is 6.84. The Morgan fingerprint density at radius 2 is 2.04 bits per heavy atom. The van der Waals surface area contributed by atoms with Gasteiger partial charge in [-0.05, 0) is 43.0 Å². The number of hydrogen-bond acceptors (Lipinski definition) is 3. The number of carbonyl (C=O) groups is 1. The van der Waals surface area contributed by atoms with Crippen LogP contribution in [0.5, 0.6) is 5.75 Å². The normalized spacial score (nSPS) is 16.1. The molecule has 4 rings (SSSR count). The first-order valence-electron chi connectivity index (χ1n) is 9.29. The number of nitrogens with one attached hydrogen (secondary N) is 1. The second kappa shape index (κ2) is 7.66. The van der Waals surface area contributed by atoms with E-state index in [-0.39, 0.29) is 11.8 Å². The summed E-state index contributed by atoms with van der Waals surface area (Å²) >= 11 is 0. The molecule has 0 saturated carbocycles. The first kappa shape index (κ1) is 17.3. The van der Waals surface area contributed by atoms with Gasteiger partial charge in [0, 0.05) is 24.9 Å². The van der Waals surface area contributed by atoms with E-state index in [0.29, 0.717) is 19.6 Å². The van der Waals surface area contributed by atoms with Crippen LogP contribution in [0.25, 0.3) is 5.69 Å². The number of aromatic nitrogens is 2. The number of nitrogens with zero attached hydrogens (tertiary/aromatic N) is 2. The Labute approximate surface area is 159 Å². The van der Waals surface area contributed by atoms with Crippen LogP contribution in [0.3, 0.4) is 0 Å². The Morgan fingerprint density at radius 1 is 1.22 bits per heavy atom. The number of ether oxygens (including phenoxy) is 1. The van der Waals surface area contributed by atoms with Gasteiger partial charge in [0.1, 0.15) is 11.6 Å². The Kier molecular flexibility index (Phi) is 4.92. The minimum atomic E-state index is -0.0733. The molecule has 1 aliphatic rings. The highest BCUT2D eigenvalue weighted by atomic mass is 16.5. The lowest BCUT2D eigenvalue weighted by atomic mass is 9.96. The molecule has 1 atom stereocenters. The van der Waals surface area contributed by atoms with Crippen LogP contribution in [-0.4, -0.2) is 22.1 Å². The summed E-state index contributed by atoms with van der Waals surface area (Å²) in [6.45, 7) is 3.03. The van der Waals surface area contributed by atoms with Crippen molar-refractivity contribution in [3.05, 3.63) is 77.9 Å². The van der Waals surface area contributed by atoms with E-state index in [1.165, 1.54) is 0 Å². The van der Waals surface area contributed by atoms with Gasteiger partial charge in [-0.1, -0.05) is 36.4 Å². The largest absolute Gasteiger partial charge is 0.493 e. The van der Waals surface area contributed by atoms with Crippen LogP contribution in [0.15, 0.2) is 60.9 Å². The highest BCUT2D eigenvalue weighted by Crippen LogP contribution is 2.26. The smallest absolute Gasteiger partial charge is 0.223 e. The van der Waals surface area contributed by atoms with Crippen molar-refractivity contribution in [3.8, 4) is 11.4 Å². The molecular weight excluding hydrogens is 338 g/mol. The van der Waals surface area contributed by atoms with Crippen LogP contribution < -0.4 is 10.1 Å². The maximum Gasteiger partial charge on any atom is 0.223 e. The fourth-order valence-electron chi connectivity index (χ4n) is 3.57. The predicted octanol–water partition coefficient (Wildman–Crippen LogP) is 3.44. The monoisotopic (exact) mass is 361 g/mol. The van der Waals surface area contributed by atoms with E-state index >= 15 is 0 Å². The fourth-order valence-corrected chi connectivity index (χ4v) is 3.57. The van der Waals surface area contributed by atoms with Crippen molar-refractivity contribution in [2.45, 2.75) is 26.3 Å². The number of rotatable bonds is 4. The summed E-state index contributed by atoms with van der Waals surface area (Å²) in [6, 6.07) is 16.1. The molecule has 0 fully saturated rings. The number of para-hydroxylation sites is 2. The maximum atomic E-state index is 12.8. The molecule has 5 nitrogen and oxygen atoms in total. The summed E-state index contributed by atoms with van der Waals surface area (Å²) < 4.78 is 7.82. The van der Waals surface area contributed by atoms with Gasteiger partial charge in [-0.15, -0.1) is 0 Å². The number of hydrogen-bond donors (Lipinski definition) is 1. The number of amides is 1. The van der Waals surface area contributed by atoms with E-state index in [2.05, 4.69) is 10.3 Å². The topological polar surface area (TPSA) is 56.2 Å². The van der Waals surface area contributed by atoms with E-state index in [1.54, 1.807) is 6.20 Å². The van der Waals surface area contributed by atoms with Crippen LogP contribution in [0.1, 0.15) is 23.4 Å². The van der Waals surface area contributed by atoms with E-state index in [1.807, 2.05) is 66.2 Å². The van der Waals surface area contributed by atoms with Crippen molar-refractivity contribution < 1.29 is 9.53 Å². The number of benzene rings is 2. The lowest BCUT2D eigenvalue weighted by molar-refractivity contribution is -0.125. The average Bonchev–Trinajstić information content (AvgIpc) is 2.99. The first-order chi connectivity index (χ1) is 13.2. The number of imidazole rings is 1. The van der Waals surface area contributed by atoms with Gasteiger partial charge in [-0.3, -0.25) is 4.79 Å². The Morgan fingerprint density at radius 3 is 2.89 bits per heavy atom. The van der Waals surface area contributed by atoms with E-state index in [9.17, 15) is 4.79 Å². The molecule has 0 saturated heterocycles. The van der Waals surface area contributed by atoms with Gasteiger partial charge in [-0.2, -0.15) is 0 Å². The third-order valence-electron chi connectivity index (χ3n) is 5.06. The zero-order chi connectivity index (χ0) is 18.6. The molecule has 1 aromatic heterocycles. The quantitative estimate of drug-likeness (QED) is 0.774. The molecule has 1 N–H and O–H groups in total. The summed E-state index contributed by atoms with van der Waals surface area (Å²) in [7, 11) is 0. The lowest BCUT2D eigenvalue weighted by Crippen LogP contribution is -2.32. The average molecular weight is 361 g/mol. The van der Waals surface area contributed by atoms with Gasteiger partial charge in [0.05, 0.1) is 12.3 Å². The molecule has 5 heteroatoms. The molecule has 0 radical (unpaired) electrons. The molecule has 1 unspecified atom stereocenters. The van der Waals surface area contributed by atoms with Crippen molar-refractivity contribution in [3.63, 3.8) is 0 Å². The van der Waals surface area contributed by atoms with Crippen molar-refractivity contribution in [2.24, 2.45) is 5.92 Å². The third-order valence-corrected chi connectivity index (χ3v) is 5.06. The summed E-state index contributed by atoms with van der Waals surface area (Å²) in [4.78, 5) is 17.1. The molecule has 1 amide bonds. The Bertz CT molecular complexity index is 948. The van der Waals surface area contributed by atoms with Crippen LogP contribution in [0, 0.1) is 12.8 Å². The fraction of sp³-hybridized carbons (Fsp3) is 0.273. The van der Waals surface area contributed by atoms with Gasteiger partial charge in [0.15, 0.2) is 0 Å². The Hall–Kier alpha value is -3.08. The summed E-state index contributed by atoms with van der Waals surface area (Å²) in [5.74, 6) is 1.82.